The minimum absolute atomic E-state index is 0.0816. The van der Waals surface area contributed by atoms with Crippen LogP contribution >= 0.6 is 7.60 Å². The molecule has 3 saturated heterocycles. The molecule has 3 aliphatic heterocycles. The molecule has 5 rings (SSSR count). The molecule has 7 amide bonds. The second-order valence-electron chi connectivity index (χ2n) is 25.2. The van der Waals surface area contributed by atoms with Gasteiger partial charge in [0.2, 0.25) is 41.4 Å². The molecule has 36 nitrogen and oxygen atoms in total. The number of hydrogen-bond donors (Lipinski definition) is 17. The van der Waals surface area contributed by atoms with Crippen LogP contribution in [0.15, 0.2) is 24.3 Å². The first-order valence-electron chi connectivity index (χ1n) is 32.7. The molecule has 1 aromatic carbocycles. The summed E-state index contributed by atoms with van der Waals surface area (Å²) in [7, 11) is -3.90. The number of carbonyl (C=O) groups is 7. The summed E-state index contributed by atoms with van der Waals surface area (Å²) in [5.41, 5.74) is 1.27. The number of benzene rings is 1. The van der Waals surface area contributed by atoms with E-state index in [1.54, 1.807) is 45.0 Å². The van der Waals surface area contributed by atoms with Gasteiger partial charge in [0, 0.05) is 52.9 Å². The molecule has 560 valence electrons. The average molecular weight is 1430 g/mol. The molecule has 1 aromatic rings. The zero-order valence-electron chi connectivity index (χ0n) is 56.2. The lowest BCUT2D eigenvalue weighted by atomic mass is 9.87. The molecule has 1 saturated carbocycles. The van der Waals surface area contributed by atoms with Crippen molar-refractivity contribution in [2.24, 2.45) is 5.92 Å². The normalized spacial score (nSPS) is 29.1. The molecule has 17 N–H and O–H groups in total. The van der Waals surface area contributed by atoms with Crippen molar-refractivity contribution in [3.63, 3.8) is 0 Å². The minimum atomic E-state index is -3.90. The van der Waals surface area contributed by atoms with E-state index in [1.807, 2.05) is 0 Å². The Bertz CT molecular complexity index is 2600. The molecule has 37 heteroatoms. The highest BCUT2D eigenvalue weighted by molar-refractivity contribution is 7.54. The van der Waals surface area contributed by atoms with E-state index >= 15 is 0 Å². The summed E-state index contributed by atoms with van der Waals surface area (Å²) in [5.74, 6) is -4.12. The van der Waals surface area contributed by atoms with Crippen molar-refractivity contribution >= 4 is 48.9 Å². The van der Waals surface area contributed by atoms with Gasteiger partial charge in [-0.05, 0) is 64.0 Å². The first kappa shape index (κ1) is 83.6. The quantitative estimate of drug-likeness (QED) is 0.0215. The zero-order chi connectivity index (χ0) is 72.3. The van der Waals surface area contributed by atoms with E-state index in [0.29, 0.717) is 36.8 Å². The van der Waals surface area contributed by atoms with Crippen LogP contribution in [0.25, 0.3) is 0 Å². The van der Waals surface area contributed by atoms with Crippen LogP contribution in [-0.4, -0.2) is 318 Å². The Hall–Kier alpha value is -5.10. The SMILES string of the molecule is CC(=O)NC1C(OCCOCCNC(=O)CN(CC(=O)NCCOCCOC2OC(CO)C(O)C(O)C2NC(C)=O)C(Cc2ccc(CNC(=O)C3CCC(OP(=O)(O)C(C)(C)C)CC3)cc2)C(=O)NCCOCCOC2OC(CO)C(O)C(O)C2NC(C)=O)OC(CO)C(O)C1O. The molecule has 0 aromatic heterocycles. The highest BCUT2D eigenvalue weighted by Crippen LogP contribution is 2.57. The molecule has 4 aliphatic rings. The predicted octanol–water partition coefficient (Wildman–Crippen LogP) is -6.65. The monoisotopic (exact) mass is 1430 g/mol. The number of carbonyl (C=O) groups excluding carboxylic acids is 7. The second-order valence-corrected chi connectivity index (χ2v) is 27.8. The highest BCUT2D eigenvalue weighted by Gasteiger charge is 2.48. The van der Waals surface area contributed by atoms with Crippen LogP contribution in [-0.2, 0) is 98.2 Å². The van der Waals surface area contributed by atoms with Crippen molar-refractivity contribution in [1.29, 1.82) is 0 Å². The van der Waals surface area contributed by atoms with Crippen molar-refractivity contribution in [3.8, 4) is 0 Å². The third-order valence-corrected chi connectivity index (χ3v) is 18.8. The molecular weight excluding hydrogens is 1320 g/mol. The number of hydrogen-bond acceptors (Lipinski definition) is 28. The van der Waals surface area contributed by atoms with Crippen LogP contribution < -0.4 is 37.2 Å². The molecule has 3 heterocycles. The Morgan fingerprint density at radius 1 is 0.531 bits per heavy atom. The van der Waals surface area contributed by atoms with Gasteiger partial charge < -0.3 is 135 Å². The van der Waals surface area contributed by atoms with Crippen LogP contribution in [0, 0.1) is 5.92 Å². The maximum Gasteiger partial charge on any atom is 0.333 e. The van der Waals surface area contributed by atoms with Gasteiger partial charge in [-0.25, -0.2) is 0 Å². The van der Waals surface area contributed by atoms with E-state index in [-0.39, 0.29) is 104 Å². The fourth-order valence-corrected chi connectivity index (χ4v) is 11.9. The molecule has 4 fully saturated rings. The molecular formula is C61H103N8O28P. The van der Waals surface area contributed by atoms with E-state index in [4.69, 9.17) is 47.2 Å². The summed E-state index contributed by atoms with van der Waals surface area (Å²) in [6.45, 7) is 4.23. The van der Waals surface area contributed by atoms with Crippen LogP contribution in [0.3, 0.4) is 0 Å². The average Bonchev–Trinajstić information content (AvgIpc) is 0.826. The van der Waals surface area contributed by atoms with Crippen LogP contribution in [0.1, 0.15) is 78.4 Å². The molecule has 17 unspecified atom stereocenters. The fourth-order valence-electron chi connectivity index (χ4n) is 11.0. The highest BCUT2D eigenvalue weighted by atomic mass is 31.2. The summed E-state index contributed by atoms with van der Waals surface area (Å²) in [6.07, 6.45) is -15.5. The van der Waals surface area contributed by atoms with Gasteiger partial charge in [0.05, 0.1) is 110 Å². The van der Waals surface area contributed by atoms with Gasteiger partial charge in [0.1, 0.15) is 73.1 Å². The van der Waals surface area contributed by atoms with Crippen LogP contribution in [0.4, 0.5) is 0 Å². The minimum Gasteiger partial charge on any atom is -0.394 e. The largest absolute Gasteiger partial charge is 0.394 e. The molecule has 17 atom stereocenters. The lowest BCUT2D eigenvalue weighted by Crippen LogP contribution is -2.64. The number of rotatable bonds is 40. The van der Waals surface area contributed by atoms with E-state index in [9.17, 15) is 89.0 Å². The number of ether oxygens (including phenoxy) is 9. The topological polar surface area (TPSA) is 519 Å². The van der Waals surface area contributed by atoms with Crippen molar-refractivity contribution in [2.75, 3.05) is 112 Å². The van der Waals surface area contributed by atoms with Crippen molar-refractivity contribution in [1.82, 2.24) is 42.1 Å². The molecule has 1 aliphatic carbocycles. The molecule has 98 heavy (non-hydrogen) atoms. The lowest BCUT2D eigenvalue weighted by molar-refractivity contribution is -0.272. The van der Waals surface area contributed by atoms with Crippen LogP contribution in [0.5, 0.6) is 0 Å². The van der Waals surface area contributed by atoms with E-state index < -0.39 is 185 Å². The maximum absolute atomic E-state index is 14.6. The third-order valence-electron chi connectivity index (χ3n) is 16.5. The summed E-state index contributed by atoms with van der Waals surface area (Å²) < 4.78 is 69.3. The first-order valence-corrected chi connectivity index (χ1v) is 34.2. The molecule has 0 spiro atoms. The van der Waals surface area contributed by atoms with Crippen molar-refractivity contribution in [3.05, 3.63) is 35.4 Å². The van der Waals surface area contributed by atoms with Crippen molar-refractivity contribution in [2.45, 2.75) is 189 Å². The van der Waals surface area contributed by atoms with Gasteiger partial charge in [-0.15, -0.1) is 0 Å². The van der Waals surface area contributed by atoms with Gasteiger partial charge in [0.15, 0.2) is 18.9 Å². The number of amides is 7. The smallest absolute Gasteiger partial charge is 0.333 e. The van der Waals surface area contributed by atoms with Gasteiger partial charge in [-0.1, -0.05) is 24.3 Å². The maximum atomic E-state index is 14.6. The van der Waals surface area contributed by atoms with Crippen molar-refractivity contribution < 1.29 is 136 Å². The van der Waals surface area contributed by atoms with Gasteiger partial charge in [-0.2, -0.15) is 0 Å². The number of aliphatic hydroxyl groups is 9. The van der Waals surface area contributed by atoms with Crippen LogP contribution in [0.2, 0.25) is 0 Å². The van der Waals surface area contributed by atoms with Gasteiger partial charge in [-0.3, -0.25) is 43.0 Å². The summed E-state index contributed by atoms with van der Waals surface area (Å²) in [4.78, 5) is 103. The zero-order valence-corrected chi connectivity index (χ0v) is 57.1. The Kier molecular flexibility index (Phi) is 35.6. The Morgan fingerprint density at radius 2 is 0.898 bits per heavy atom. The second kappa shape index (κ2) is 41.7. The third kappa shape index (κ3) is 26.7. The first-order chi connectivity index (χ1) is 46.5. The fraction of sp³-hybridized carbons (Fsp3) is 0.787. The predicted molar refractivity (Wildman–Crippen MR) is 339 cm³/mol. The number of nitrogens with zero attached hydrogens (tertiary/aromatic N) is 1. The Labute approximate surface area is 568 Å². The Morgan fingerprint density at radius 3 is 1.26 bits per heavy atom. The van der Waals surface area contributed by atoms with Gasteiger partial charge >= 0.3 is 7.60 Å². The standard InChI is InChI=1S/C61H103N8O28P/c1-34(73)66-47-53(81)50(78)42(31-70)94-58(47)91-24-21-88-18-15-62-45(76)29-69(30-46(77)63-16-19-89-22-25-92-59-48(67-35(2)74)54(82)51(79)43(32-71)95-59)41(57(85)64-17-20-90-23-26-93-60-49(68-36(3)75)55(83)52(80)44(33-72)96-60)27-37-7-9-38(10-8-37)28-65-56(84)39-11-13-40(14-12-39)97-98(86,87)61(4,5)6/h7-10,39-44,47-55,58-60,70-72,78-83H,11-33H2,1-6H3,(H,62,76)(H,63,77)(H,64,85)(H,65,84)(H,66,73)(H,67,74)(H,68,75)(H,86,87). The summed E-state index contributed by atoms with van der Waals surface area (Å²) >= 11 is 0. The van der Waals surface area contributed by atoms with E-state index in [2.05, 4.69) is 37.2 Å². The lowest BCUT2D eigenvalue weighted by Gasteiger charge is -2.42. The summed E-state index contributed by atoms with van der Waals surface area (Å²) in [6, 6.07) is 2.10. The molecule has 0 bridgehead atoms. The van der Waals surface area contributed by atoms with Gasteiger partial charge in [0.25, 0.3) is 0 Å². The number of nitrogens with one attached hydrogen (secondary N) is 7. The molecule has 0 radical (unpaired) electrons. The Balaban J connectivity index is 1.26. The number of aliphatic hydroxyl groups excluding tert-OH is 9. The summed E-state index contributed by atoms with van der Waals surface area (Å²) in [5, 5.41) is 110. The van der Waals surface area contributed by atoms with E-state index in [1.165, 1.54) is 25.7 Å². The van der Waals surface area contributed by atoms with E-state index in [0.717, 1.165) is 0 Å².